The summed E-state index contributed by atoms with van der Waals surface area (Å²) in [4.78, 5) is 23.2. The van der Waals surface area contributed by atoms with Gasteiger partial charge in [0.15, 0.2) is 0 Å². The lowest BCUT2D eigenvalue weighted by Gasteiger charge is -2.32. The van der Waals surface area contributed by atoms with Crippen LogP contribution in [0.1, 0.15) is 23.5 Å². The molecule has 0 saturated carbocycles. The molecule has 1 aliphatic heterocycles. The van der Waals surface area contributed by atoms with E-state index in [1.807, 2.05) is 0 Å². The summed E-state index contributed by atoms with van der Waals surface area (Å²) in [7, 11) is 0. The predicted molar refractivity (Wildman–Crippen MR) is 62.8 cm³/mol. The molecule has 2 rings (SSSR count). The van der Waals surface area contributed by atoms with E-state index in [4.69, 9.17) is 12.6 Å². The molecule has 1 heterocycles. The van der Waals surface area contributed by atoms with Gasteiger partial charge in [-0.1, -0.05) is 6.92 Å². The minimum absolute atomic E-state index is 0.00491. The van der Waals surface area contributed by atoms with Gasteiger partial charge in [0.05, 0.1) is 11.8 Å². The second-order valence-electron chi connectivity index (χ2n) is 4.35. The van der Waals surface area contributed by atoms with Gasteiger partial charge >= 0.3 is 5.97 Å². The van der Waals surface area contributed by atoms with E-state index in [-0.39, 0.29) is 23.2 Å². The average Bonchev–Trinajstić information content (AvgIpc) is 2.33. The number of aliphatic carboxylic acids is 1. The Labute approximate surface area is 107 Å². The largest absolute Gasteiger partial charge is 0.507 e. The summed E-state index contributed by atoms with van der Waals surface area (Å²) >= 11 is 0. The zero-order valence-electron chi connectivity index (χ0n) is 11.9. The Bertz CT molecular complexity index is 586. The van der Waals surface area contributed by atoms with Crippen LogP contribution in [0.4, 0.5) is 0 Å². The molecule has 18 heavy (non-hydrogen) atoms. The van der Waals surface area contributed by atoms with Gasteiger partial charge in [-0.3, -0.25) is 4.79 Å². The zero-order chi connectivity index (χ0) is 15.2. The first-order valence-electron chi connectivity index (χ1n) is 6.59. The molecule has 2 aliphatic rings. The van der Waals surface area contributed by atoms with Gasteiger partial charge in [0, 0.05) is 8.66 Å². The number of carboxylic acid groups (broad SMARTS) is 1. The molecule has 5 nitrogen and oxygen atoms in total. The first kappa shape index (κ1) is 9.94. The standard InChI is InChI=1S/C13H14O5/c1-5-7(3)18-4-8-9(5)6(2)11(14)10(12(8)15)13(16)17/h4-5,7,14H,1-3H3,(H,16,17)/t5-,7-/m1/s1/i2D2,13+1. The van der Waals surface area contributed by atoms with Gasteiger partial charge in [0.25, 0.3) is 0 Å². The predicted octanol–water partition coefficient (Wildman–Crippen LogP) is 1.72. The van der Waals surface area contributed by atoms with Crippen LogP contribution < -0.4 is 0 Å². The van der Waals surface area contributed by atoms with E-state index < -0.39 is 30.0 Å². The van der Waals surface area contributed by atoms with E-state index >= 15 is 0 Å². The minimum atomic E-state index is -1.59. The van der Waals surface area contributed by atoms with E-state index in [1.54, 1.807) is 13.8 Å². The van der Waals surface area contributed by atoms with Crippen LogP contribution in [0, 0.1) is 5.92 Å². The molecular formula is C13H14O5. The third-order valence-electron chi connectivity index (χ3n) is 3.32. The summed E-state index contributed by atoms with van der Waals surface area (Å²) < 4.78 is 20.3. The fraction of sp³-hybridized carbons (Fsp3) is 0.385. The van der Waals surface area contributed by atoms with Crippen molar-refractivity contribution >= 4 is 11.8 Å². The number of hydrogen-bond donors (Lipinski definition) is 2. The highest BCUT2D eigenvalue weighted by atomic mass is 16.5. The van der Waals surface area contributed by atoms with E-state index in [0.717, 1.165) is 6.26 Å². The number of fused-ring (bicyclic) bond motifs is 1. The van der Waals surface area contributed by atoms with Gasteiger partial charge in [-0.25, -0.2) is 4.79 Å². The molecule has 0 spiro atoms. The molecule has 0 bridgehead atoms. The molecule has 0 amide bonds. The first-order chi connectivity index (χ1) is 9.27. The maximum atomic E-state index is 12.1. The van der Waals surface area contributed by atoms with Crippen LogP contribution in [-0.4, -0.2) is 28.1 Å². The first-order valence-corrected chi connectivity index (χ1v) is 5.43. The normalized spacial score (nSPS) is 29.5. The molecule has 0 fully saturated rings. The number of carboxylic acids is 1. The number of ether oxygens (including phenoxy) is 1. The highest BCUT2D eigenvalue weighted by Gasteiger charge is 2.39. The maximum absolute atomic E-state index is 12.1. The molecule has 0 aromatic rings. The average molecular weight is 253 g/mol. The Balaban J connectivity index is 2.78. The molecule has 1 aliphatic carbocycles. The van der Waals surface area contributed by atoms with Crippen molar-refractivity contribution in [3.8, 4) is 0 Å². The summed E-state index contributed by atoms with van der Waals surface area (Å²) in [6, 6.07) is 0. The molecule has 96 valence electrons. The highest BCUT2D eigenvalue weighted by molar-refractivity contribution is 6.26. The maximum Gasteiger partial charge on any atom is 0.343 e. The van der Waals surface area contributed by atoms with Gasteiger partial charge in [-0.05, 0) is 24.9 Å². The van der Waals surface area contributed by atoms with Gasteiger partial charge in [-0.2, -0.15) is 0 Å². The van der Waals surface area contributed by atoms with Gasteiger partial charge in [0.2, 0.25) is 5.78 Å². The number of ketones is 1. The summed E-state index contributed by atoms with van der Waals surface area (Å²) in [6.45, 7) is 1.90. The monoisotopic (exact) mass is 253 g/mol. The van der Waals surface area contributed by atoms with Crippen molar-refractivity contribution in [3.63, 3.8) is 0 Å². The summed E-state index contributed by atoms with van der Waals surface area (Å²) in [6.07, 6.45) is 0.856. The van der Waals surface area contributed by atoms with Crippen molar-refractivity contribution in [1.29, 1.82) is 0 Å². The number of aliphatic hydroxyl groups is 1. The van der Waals surface area contributed by atoms with Gasteiger partial charge < -0.3 is 14.9 Å². The third kappa shape index (κ3) is 1.54. The molecule has 5 heteroatoms. The van der Waals surface area contributed by atoms with Gasteiger partial charge in [0.1, 0.15) is 17.4 Å². The van der Waals surface area contributed by atoms with Crippen LogP contribution in [0.15, 0.2) is 34.3 Å². The molecular weight excluding hydrogens is 237 g/mol. The summed E-state index contributed by atoms with van der Waals surface area (Å²) in [5.74, 6) is -3.56. The number of hydrogen-bond acceptors (Lipinski definition) is 4. The molecule has 2 N–H and O–H groups in total. The molecule has 0 aromatic heterocycles. The van der Waals surface area contributed by atoms with Gasteiger partial charge in [-0.15, -0.1) is 0 Å². The van der Waals surface area contributed by atoms with Crippen LogP contribution in [0.5, 0.6) is 0 Å². The summed E-state index contributed by atoms with van der Waals surface area (Å²) in [5, 5.41) is 19.0. The number of rotatable bonds is 1. The Kier molecular flexibility index (Phi) is 2.21. The van der Waals surface area contributed by atoms with Crippen molar-refractivity contribution in [2.45, 2.75) is 26.8 Å². The Hall–Kier alpha value is -2.04. The Morgan fingerprint density at radius 3 is 2.72 bits per heavy atom. The highest BCUT2D eigenvalue weighted by Crippen LogP contribution is 2.39. The quantitative estimate of drug-likeness (QED) is 0.549. The van der Waals surface area contributed by atoms with Crippen molar-refractivity contribution in [3.05, 3.63) is 34.3 Å². The van der Waals surface area contributed by atoms with Crippen LogP contribution in [-0.2, 0) is 14.3 Å². The zero-order valence-corrected chi connectivity index (χ0v) is 9.93. The van der Waals surface area contributed by atoms with Crippen molar-refractivity contribution in [1.82, 2.24) is 0 Å². The topological polar surface area (TPSA) is 83.8 Å². The summed E-state index contributed by atoms with van der Waals surface area (Å²) in [5.41, 5.74) is -0.627. The smallest absolute Gasteiger partial charge is 0.343 e. The molecule has 0 saturated heterocycles. The number of allylic oxidation sites excluding steroid dienone is 2. The van der Waals surface area contributed by atoms with Crippen LogP contribution >= 0.6 is 0 Å². The van der Waals surface area contributed by atoms with Crippen molar-refractivity contribution in [2.24, 2.45) is 5.92 Å². The van der Waals surface area contributed by atoms with E-state index in [1.165, 1.54) is 0 Å². The lowest BCUT2D eigenvalue weighted by Crippen LogP contribution is -2.32. The van der Waals surface area contributed by atoms with Crippen molar-refractivity contribution < 1.29 is 27.3 Å². The molecule has 0 unspecified atom stereocenters. The van der Waals surface area contributed by atoms with E-state index in [2.05, 4.69) is 0 Å². The Morgan fingerprint density at radius 2 is 2.17 bits per heavy atom. The molecule has 2 atom stereocenters. The number of carbonyl (C=O) groups excluding carboxylic acids is 1. The van der Waals surface area contributed by atoms with Crippen molar-refractivity contribution in [2.75, 3.05) is 0 Å². The SMILES string of the molecule is [2H]C([2H])C1=C2C(=CO[C@H](C)[C@H]2C)C(=O)C([13C](=O)O)=C1O. The third-order valence-corrected chi connectivity index (χ3v) is 3.32. The second-order valence-corrected chi connectivity index (χ2v) is 4.35. The lowest BCUT2D eigenvalue weighted by molar-refractivity contribution is -0.134. The van der Waals surface area contributed by atoms with Crippen LogP contribution in [0.25, 0.3) is 0 Å². The van der Waals surface area contributed by atoms with Crippen LogP contribution in [0.2, 0.25) is 0 Å². The van der Waals surface area contributed by atoms with E-state index in [9.17, 15) is 14.7 Å². The molecule has 0 radical (unpaired) electrons. The molecule has 0 aromatic carbocycles. The minimum Gasteiger partial charge on any atom is -0.507 e. The number of carbonyl (C=O) groups is 2. The van der Waals surface area contributed by atoms with E-state index in [0.29, 0.717) is 5.57 Å². The lowest BCUT2D eigenvalue weighted by atomic mass is 9.79. The fourth-order valence-corrected chi connectivity index (χ4v) is 2.11. The number of aliphatic hydroxyl groups excluding tert-OH is 1. The van der Waals surface area contributed by atoms with Crippen LogP contribution in [0.3, 0.4) is 0 Å². The Morgan fingerprint density at radius 1 is 1.50 bits per heavy atom. The second kappa shape index (κ2) is 4.01. The number of Topliss-reactive ketones (excluding diaryl/α,β-unsaturated/α-hetero) is 1. The fourth-order valence-electron chi connectivity index (χ4n) is 2.11.